The first-order chi connectivity index (χ1) is 9.65. The Morgan fingerprint density at radius 3 is 2.40 bits per heavy atom. The van der Waals surface area contributed by atoms with Crippen LogP contribution in [0.25, 0.3) is 0 Å². The van der Waals surface area contributed by atoms with Crippen molar-refractivity contribution in [1.82, 2.24) is 10.6 Å². The van der Waals surface area contributed by atoms with Crippen molar-refractivity contribution in [1.29, 1.82) is 0 Å². The van der Waals surface area contributed by atoms with Crippen LogP contribution in [-0.2, 0) is 6.54 Å². The first-order valence-corrected chi connectivity index (χ1v) is 7.30. The van der Waals surface area contributed by atoms with E-state index < -0.39 is 0 Å². The Kier molecular flexibility index (Phi) is 7.22. The van der Waals surface area contributed by atoms with Gasteiger partial charge in [0.1, 0.15) is 0 Å². The van der Waals surface area contributed by atoms with E-state index in [1.807, 2.05) is 12.1 Å². The molecule has 0 heterocycles. The number of hydrogen-bond acceptors (Lipinski definition) is 3. The molecule has 0 fully saturated rings. The van der Waals surface area contributed by atoms with Gasteiger partial charge in [0.25, 0.3) is 0 Å². The smallest absolute Gasteiger partial charge is 0.191 e. The zero-order valence-electron chi connectivity index (χ0n) is 12.4. The monoisotopic (exact) mass is 343 g/mol. The van der Waals surface area contributed by atoms with E-state index in [1.54, 1.807) is 21.3 Å². The molecule has 0 aromatic heterocycles. The second-order valence-corrected chi connectivity index (χ2v) is 5.01. The number of halogens is 1. The summed E-state index contributed by atoms with van der Waals surface area (Å²) in [6.07, 6.45) is 1.06. The lowest BCUT2D eigenvalue weighted by Gasteiger charge is -2.14. The molecule has 0 unspecified atom stereocenters. The summed E-state index contributed by atoms with van der Waals surface area (Å²) in [6.45, 7) is 3.66. The third-order valence-electron chi connectivity index (χ3n) is 2.76. The minimum Gasteiger partial charge on any atom is -0.493 e. The highest BCUT2D eigenvalue weighted by molar-refractivity contribution is 9.10. The third-order valence-corrected chi connectivity index (χ3v) is 3.50. The van der Waals surface area contributed by atoms with Crippen LogP contribution >= 0.6 is 15.9 Å². The van der Waals surface area contributed by atoms with E-state index >= 15 is 0 Å². The molecule has 0 atom stereocenters. The molecule has 0 spiro atoms. The SMILES string of the molecule is CCCNC(=NC)NCc1cc(OC)c(OC)cc1Br. The molecule has 0 saturated heterocycles. The van der Waals surface area contributed by atoms with Crippen molar-refractivity contribution < 1.29 is 9.47 Å². The number of ether oxygens (including phenoxy) is 2. The summed E-state index contributed by atoms with van der Waals surface area (Å²) in [5.41, 5.74) is 1.07. The van der Waals surface area contributed by atoms with Crippen molar-refractivity contribution in [2.75, 3.05) is 27.8 Å². The summed E-state index contributed by atoms with van der Waals surface area (Å²) >= 11 is 3.54. The van der Waals surface area contributed by atoms with Gasteiger partial charge in [-0.1, -0.05) is 22.9 Å². The predicted molar refractivity (Wildman–Crippen MR) is 85.7 cm³/mol. The number of hydrogen-bond donors (Lipinski definition) is 2. The number of aliphatic imine (C=N–C) groups is 1. The lowest BCUT2D eigenvalue weighted by atomic mass is 10.2. The number of rotatable bonds is 6. The lowest BCUT2D eigenvalue weighted by Crippen LogP contribution is -2.37. The summed E-state index contributed by atoms with van der Waals surface area (Å²) in [5, 5.41) is 6.49. The summed E-state index contributed by atoms with van der Waals surface area (Å²) in [5.74, 6) is 2.20. The molecular formula is C14H22BrN3O2. The van der Waals surface area contributed by atoms with Gasteiger partial charge < -0.3 is 20.1 Å². The molecule has 6 heteroatoms. The molecule has 1 aromatic rings. The molecule has 1 aromatic carbocycles. The summed E-state index contributed by atoms with van der Waals surface area (Å²) < 4.78 is 11.5. The Labute approximate surface area is 128 Å². The average Bonchev–Trinajstić information content (AvgIpc) is 2.48. The molecule has 0 amide bonds. The quantitative estimate of drug-likeness (QED) is 0.615. The summed E-state index contributed by atoms with van der Waals surface area (Å²) in [7, 11) is 5.01. The van der Waals surface area contributed by atoms with Crippen molar-refractivity contribution in [2.45, 2.75) is 19.9 Å². The Balaban J connectivity index is 2.77. The predicted octanol–water partition coefficient (Wildman–Crippen LogP) is 2.54. The zero-order valence-corrected chi connectivity index (χ0v) is 14.0. The molecule has 0 aliphatic carbocycles. The fourth-order valence-electron chi connectivity index (χ4n) is 1.67. The number of guanidine groups is 1. The molecule has 112 valence electrons. The van der Waals surface area contributed by atoms with Crippen LogP contribution in [0, 0.1) is 0 Å². The zero-order chi connectivity index (χ0) is 15.0. The van der Waals surface area contributed by atoms with Crippen molar-refractivity contribution in [3.63, 3.8) is 0 Å². The van der Waals surface area contributed by atoms with Crippen molar-refractivity contribution in [3.05, 3.63) is 22.2 Å². The topological polar surface area (TPSA) is 54.9 Å². The largest absolute Gasteiger partial charge is 0.493 e. The summed E-state index contributed by atoms with van der Waals surface area (Å²) in [6, 6.07) is 3.85. The van der Waals surface area contributed by atoms with Crippen LogP contribution in [0.15, 0.2) is 21.6 Å². The standard InChI is InChI=1S/C14H22BrN3O2/c1-5-6-17-14(16-2)18-9-10-7-12(19-3)13(20-4)8-11(10)15/h7-8H,5-6,9H2,1-4H3,(H2,16,17,18). The molecule has 0 bridgehead atoms. The van der Waals surface area contributed by atoms with Gasteiger partial charge in [-0.2, -0.15) is 0 Å². The van der Waals surface area contributed by atoms with Gasteiger partial charge in [-0.3, -0.25) is 4.99 Å². The fraction of sp³-hybridized carbons (Fsp3) is 0.500. The molecule has 0 radical (unpaired) electrons. The van der Waals surface area contributed by atoms with Crippen molar-refractivity contribution in [2.24, 2.45) is 4.99 Å². The molecule has 0 saturated carbocycles. The van der Waals surface area contributed by atoms with E-state index in [-0.39, 0.29) is 0 Å². The van der Waals surface area contributed by atoms with Crippen LogP contribution in [0.5, 0.6) is 11.5 Å². The third kappa shape index (κ3) is 4.59. The van der Waals surface area contributed by atoms with E-state index in [0.29, 0.717) is 18.0 Å². The Morgan fingerprint density at radius 1 is 1.20 bits per heavy atom. The van der Waals surface area contributed by atoms with E-state index in [9.17, 15) is 0 Å². The number of methoxy groups -OCH3 is 2. The molecule has 1 rings (SSSR count). The Bertz CT molecular complexity index is 464. The van der Waals surface area contributed by atoms with Crippen molar-refractivity contribution in [3.8, 4) is 11.5 Å². The normalized spacial score (nSPS) is 11.2. The summed E-state index contributed by atoms with van der Waals surface area (Å²) in [4.78, 5) is 4.17. The maximum absolute atomic E-state index is 5.31. The molecule has 5 nitrogen and oxygen atoms in total. The Hall–Kier alpha value is -1.43. The second kappa shape index (κ2) is 8.68. The molecule has 0 aliphatic heterocycles. The molecular weight excluding hydrogens is 322 g/mol. The second-order valence-electron chi connectivity index (χ2n) is 4.15. The maximum Gasteiger partial charge on any atom is 0.191 e. The van der Waals surface area contributed by atoms with Gasteiger partial charge >= 0.3 is 0 Å². The van der Waals surface area contributed by atoms with E-state index in [2.05, 4.69) is 38.5 Å². The van der Waals surface area contributed by atoms with Crippen LogP contribution < -0.4 is 20.1 Å². The minimum absolute atomic E-state index is 0.643. The Morgan fingerprint density at radius 2 is 1.85 bits per heavy atom. The van der Waals surface area contributed by atoms with Crippen molar-refractivity contribution >= 4 is 21.9 Å². The van der Waals surface area contributed by atoms with Crippen LogP contribution in [0.4, 0.5) is 0 Å². The lowest BCUT2D eigenvalue weighted by molar-refractivity contribution is 0.354. The molecule has 0 aliphatic rings. The number of benzene rings is 1. The maximum atomic E-state index is 5.31. The average molecular weight is 344 g/mol. The first kappa shape index (κ1) is 16.6. The van der Waals surface area contributed by atoms with E-state index in [1.165, 1.54) is 0 Å². The van der Waals surface area contributed by atoms with Gasteiger partial charge in [-0.25, -0.2) is 0 Å². The van der Waals surface area contributed by atoms with Crippen LogP contribution in [0.3, 0.4) is 0 Å². The highest BCUT2D eigenvalue weighted by Crippen LogP contribution is 2.33. The highest BCUT2D eigenvalue weighted by Gasteiger charge is 2.09. The van der Waals surface area contributed by atoms with Crippen LogP contribution in [0.2, 0.25) is 0 Å². The first-order valence-electron chi connectivity index (χ1n) is 6.51. The van der Waals surface area contributed by atoms with Gasteiger partial charge in [-0.15, -0.1) is 0 Å². The molecule has 20 heavy (non-hydrogen) atoms. The van der Waals surface area contributed by atoms with E-state index in [0.717, 1.165) is 29.0 Å². The van der Waals surface area contributed by atoms with Crippen LogP contribution in [0.1, 0.15) is 18.9 Å². The van der Waals surface area contributed by atoms with Gasteiger partial charge in [0.2, 0.25) is 0 Å². The van der Waals surface area contributed by atoms with Crippen LogP contribution in [-0.4, -0.2) is 33.8 Å². The van der Waals surface area contributed by atoms with Gasteiger partial charge in [0.05, 0.1) is 14.2 Å². The molecule has 2 N–H and O–H groups in total. The number of nitrogens with zero attached hydrogens (tertiary/aromatic N) is 1. The number of nitrogens with one attached hydrogen (secondary N) is 2. The van der Waals surface area contributed by atoms with E-state index in [4.69, 9.17) is 9.47 Å². The van der Waals surface area contributed by atoms with Gasteiger partial charge in [0.15, 0.2) is 17.5 Å². The fourth-order valence-corrected chi connectivity index (χ4v) is 2.14. The highest BCUT2D eigenvalue weighted by atomic mass is 79.9. The van der Waals surface area contributed by atoms with Gasteiger partial charge in [-0.05, 0) is 24.1 Å². The minimum atomic E-state index is 0.643. The van der Waals surface area contributed by atoms with Gasteiger partial charge in [0, 0.05) is 24.6 Å².